The van der Waals surface area contributed by atoms with Crippen molar-refractivity contribution in [2.45, 2.75) is 28.5 Å². The van der Waals surface area contributed by atoms with Crippen LogP contribution in [-0.2, 0) is 14.6 Å². The summed E-state index contributed by atoms with van der Waals surface area (Å²) in [4.78, 5) is 0.290. The van der Waals surface area contributed by atoms with Crippen LogP contribution in [0.2, 0.25) is 5.02 Å². The number of ether oxygens (including phenoxy) is 1. The molecule has 0 aromatic heterocycles. The van der Waals surface area contributed by atoms with Crippen LogP contribution in [0.15, 0.2) is 59.5 Å². The summed E-state index contributed by atoms with van der Waals surface area (Å²) in [6.45, 7) is 2.56. The van der Waals surface area contributed by atoms with Crippen molar-refractivity contribution in [3.63, 3.8) is 0 Å². The lowest BCUT2D eigenvalue weighted by atomic mass is 10.1. The van der Waals surface area contributed by atoms with Gasteiger partial charge in [-0.3, -0.25) is 0 Å². The van der Waals surface area contributed by atoms with Crippen LogP contribution >= 0.6 is 11.6 Å². The topological polar surface area (TPSA) is 69.4 Å². The van der Waals surface area contributed by atoms with E-state index >= 15 is 0 Å². The predicted molar refractivity (Wildman–Crippen MR) is 95.0 cm³/mol. The van der Waals surface area contributed by atoms with Crippen LogP contribution in [0.3, 0.4) is 0 Å². The minimum Gasteiger partial charge on any atom is -0.380 e. The first-order valence-corrected chi connectivity index (χ1v) is 9.74. The lowest BCUT2D eigenvalue weighted by molar-refractivity contribution is 0.125. The van der Waals surface area contributed by atoms with E-state index in [1.165, 1.54) is 0 Å². The summed E-state index contributed by atoms with van der Waals surface area (Å²) in [5.74, 6) is -0.313. The van der Waals surface area contributed by atoms with Gasteiger partial charge in [0.1, 0.15) is 0 Å². The lowest BCUT2D eigenvalue weighted by Crippen LogP contribution is -2.36. The third-order valence-corrected chi connectivity index (χ3v) is 7.05. The van der Waals surface area contributed by atoms with E-state index in [1.54, 1.807) is 42.5 Å². The SMILES string of the molecule is CCOC[C@@]1(N)[C@H](S(=O)(=O)c2ccccc2)[C@@H]1c1ccc(Cl)cc1. The zero-order chi connectivity index (χ0) is 17.4. The van der Waals surface area contributed by atoms with Crippen molar-refractivity contribution >= 4 is 21.4 Å². The number of halogens is 1. The van der Waals surface area contributed by atoms with E-state index in [1.807, 2.05) is 19.1 Å². The Kier molecular flexibility index (Phi) is 4.71. The number of hydrogen-bond donors (Lipinski definition) is 1. The molecule has 1 saturated carbocycles. The van der Waals surface area contributed by atoms with Gasteiger partial charge in [-0.25, -0.2) is 8.42 Å². The summed E-state index contributed by atoms with van der Waals surface area (Å²) >= 11 is 5.94. The fourth-order valence-electron chi connectivity index (χ4n) is 3.25. The Labute approximate surface area is 147 Å². The second kappa shape index (κ2) is 6.48. The number of sulfone groups is 1. The molecule has 128 valence electrons. The zero-order valence-corrected chi connectivity index (χ0v) is 14.9. The van der Waals surface area contributed by atoms with Crippen molar-refractivity contribution in [2.24, 2.45) is 5.73 Å². The third kappa shape index (κ3) is 2.97. The number of rotatable bonds is 6. The molecule has 2 aromatic carbocycles. The Hall–Kier alpha value is -1.40. The average Bonchev–Trinajstić information content (AvgIpc) is 3.21. The van der Waals surface area contributed by atoms with Gasteiger partial charge in [0.05, 0.1) is 22.3 Å². The summed E-state index contributed by atoms with van der Waals surface area (Å²) < 4.78 is 31.6. The molecule has 0 unspecified atom stereocenters. The van der Waals surface area contributed by atoms with Gasteiger partial charge in [0.25, 0.3) is 0 Å². The highest BCUT2D eigenvalue weighted by molar-refractivity contribution is 7.92. The minimum absolute atomic E-state index is 0.202. The van der Waals surface area contributed by atoms with Gasteiger partial charge in [0, 0.05) is 17.5 Å². The van der Waals surface area contributed by atoms with Gasteiger partial charge in [0.2, 0.25) is 0 Å². The normalized spacial score (nSPS) is 26.3. The van der Waals surface area contributed by atoms with Gasteiger partial charge < -0.3 is 10.5 Å². The van der Waals surface area contributed by atoms with Crippen LogP contribution in [0.4, 0.5) is 0 Å². The smallest absolute Gasteiger partial charge is 0.183 e. The third-order valence-electron chi connectivity index (χ3n) is 4.49. The van der Waals surface area contributed by atoms with Crippen LogP contribution in [0.25, 0.3) is 0 Å². The van der Waals surface area contributed by atoms with Gasteiger partial charge >= 0.3 is 0 Å². The van der Waals surface area contributed by atoms with Crippen molar-refractivity contribution < 1.29 is 13.2 Å². The molecule has 0 spiro atoms. The highest BCUT2D eigenvalue weighted by Crippen LogP contribution is 2.55. The molecular formula is C18H20ClNO3S. The molecule has 0 aliphatic heterocycles. The van der Waals surface area contributed by atoms with E-state index in [9.17, 15) is 8.42 Å². The molecule has 3 rings (SSSR count). The van der Waals surface area contributed by atoms with E-state index < -0.39 is 20.6 Å². The molecule has 1 aliphatic rings. The van der Waals surface area contributed by atoms with Crippen molar-refractivity contribution in [2.75, 3.05) is 13.2 Å². The Balaban J connectivity index is 1.99. The number of hydrogen-bond acceptors (Lipinski definition) is 4. The molecule has 0 bridgehead atoms. The molecule has 1 fully saturated rings. The summed E-state index contributed by atoms with van der Waals surface area (Å²) in [6.07, 6.45) is 0. The van der Waals surface area contributed by atoms with Gasteiger partial charge in [-0.2, -0.15) is 0 Å². The quantitative estimate of drug-likeness (QED) is 0.854. The van der Waals surface area contributed by atoms with E-state index in [0.717, 1.165) is 5.56 Å². The molecule has 0 heterocycles. The molecule has 4 nitrogen and oxygen atoms in total. The summed E-state index contributed by atoms with van der Waals surface area (Å²) in [7, 11) is -3.55. The Morgan fingerprint density at radius 3 is 2.33 bits per heavy atom. The van der Waals surface area contributed by atoms with Crippen LogP contribution in [0, 0.1) is 0 Å². The van der Waals surface area contributed by atoms with Crippen LogP contribution in [0.5, 0.6) is 0 Å². The first-order chi connectivity index (χ1) is 11.4. The van der Waals surface area contributed by atoms with E-state index in [-0.39, 0.29) is 17.4 Å². The average molecular weight is 366 g/mol. The Morgan fingerprint density at radius 2 is 1.75 bits per heavy atom. The van der Waals surface area contributed by atoms with Crippen molar-refractivity contribution in [1.29, 1.82) is 0 Å². The maximum absolute atomic E-state index is 13.1. The van der Waals surface area contributed by atoms with Gasteiger partial charge in [-0.15, -0.1) is 0 Å². The predicted octanol–water partition coefficient (Wildman–Crippen LogP) is 3.01. The fraction of sp³-hybridized carbons (Fsp3) is 0.333. The zero-order valence-electron chi connectivity index (χ0n) is 13.4. The molecule has 2 aromatic rings. The second-order valence-electron chi connectivity index (χ2n) is 6.06. The summed E-state index contributed by atoms with van der Waals surface area (Å²) in [5, 5.41) is -0.102. The Bertz CT molecular complexity index is 808. The van der Waals surface area contributed by atoms with Crippen molar-refractivity contribution in [3.8, 4) is 0 Å². The monoisotopic (exact) mass is 365 g/mol. The maximum Gasteiger partial charge on any atom is 0.183 e. The number of nitrogens with two attached hydrogens (primary N) is 1. The molecule has 2 N–H and O–H groups in total. The standard InChI is InChI=1S/C18H20ClNO3S/c1-2-23-12-18(20)16(13-8-10-14(19)11-9-13)17(18)24(21,22)15-6-4-3-5-7-15/h3-11,16-17H,2,12,20H2,1H3/t16-,17+,18-/m0/s1. The number of benzene rings is 2. The lowest BCUT2D eigenvalue weighted by Gasteiger charge is -2.12. The molecule has 1 aliphatic carbocycles. The fourth-order valence-corrected chi connectivity index (χ4v) is 5.69. The van der Waals surface area contributed by atoms with Crippen LogP contribution < -0.4 is 5.73 Å². The maximum atomic E-state index is 13.1. The largest absolute Gasteiger partial charge is 0.380 e. The minimum atomic E-state index is -3.55. The molecule has 24 heavy (non-hydrogen) atoms. The molecular weight excluding hydrogens is 346 g/mol. The van der Waals surface area contributed by atoms with Crippen LogP contribution in [-0.4, -0.2) is 32.4 Å². The molecule has 3 atom stereocenters. The summed E-state index contributed by atoms with van der Waals surface area (Å²) in [5.41, 5.74) is 6.41. The van der Waals surface area contributed by atoms with Gasteiger partial charge in [0.15, 0.2) is 9.84 Å². The van der Waals surface area contributed by atoms with Crippen molar-refractivity contribution in [3.05, 3.63) is 65.2 Å². The van der Waals surface area contributed by atoms with E-state index in [2.05, 4.69) is 0 Å². The Morgan fingerprint density at radius 1 is 1.12 bits per heavy atom. The first kappa shape index (κ1) is 17.4. The van der Waals surface area contributed by atoms with Gasteiger partial charge in [-0.05, 0) is 36.8 Å². The molecule has 0 saturated heterocycles. The van der Waals surface area contributed by atoms with E-state index in [0.29, 0.717) is 11.6 Å². The van der Waals surface area contributed by atoms with E-state index in [4.69, 9.17) is 22.1 Å². The highest BCUT2D eigenvalue weighted by Gasteiger charge is 2.69. The van der Waals surface area contributed by atoms with Gasteiger partial charge in [-0.1, -0.05) is 41.9 Å². The van der Waals surface area contributed by atoms with Crippen LogP contribution in [0.1, 0.15) is 18.4 Å². The molecule has 0 amide bonds. The summed E-state index contributed by atoms with van der Waals surface area (Å²) in [6, 6.07) is 15.6. The molecule has 6 heteroatoms. The first-order valence-electron chi connectivity index (χ1n) is 7.82. The second-order valence-corrected chi connectivity index (χ2v) is 8.56. The molecule has 0 radical (unpaired) electrons. The van der Waals surface area contributed by atoms with Crippen molar-refractivity contribution in [1.82, 2.24) is 0 Å². The highest BCUT2D eigenvalue weighted by atomic mass is 35.5.